The Labute approximate surface area is 171 Å². The van der Waals surface area contributed by atoms with Crippen molar-refractivity contribution >= 4 is 40.0 Å². The summed E-state index contributed by atoms with van der Waals surface area (Å²) in [5.41, 5.74) is 2.24. The number of hydrogen-bond donors (Lipinski definition) is 1. The van der Waals surface area contributed by atoms with Crippen molar-refractivity contribution in [2.75, 3.05) is 24.2 Å². The molecule has 0 aliphatic carbocycles. The van der Waals surface area contributed by atoms with E-state index in [1.54, 1.807) is 24.3 Å². The minimum Gasteiger partial charge on any atom is -0.360 e. The molecule has 28 heavy (non-hydrogen) atoms. The zero-order valence-corrected chi connectivity index (χ0v) is 16.6. The van der Waals surface area contributed by atoms with Crippen LogP contribution in [0.3, 0.4) is 0 Å². The molecule has 1 aromatic heterocycles. The molecule has 142 valence electrons. The van der Waals surface area contributed by atoms with E-state index in [0.29, 0.717) is 23.4 Å². The van der Waals surface area contributed by atoms with Gasteiger partial charge in [0.1, 0.15) is 0 Å². The molecule has 0 fully saturated rings. The highest BCUT2D eigenvalue weighted by molar-refractivity contribution is 8.01. The Morgan fingerprint density at radius 3 is 2.32 bits per heavy atom. The van der Waals surface area contributed by atoms with Crippen molar-refractivity contribution in [2.45, 2.75) is 10.8 Å². The molecule has 0 unspecified atom stereocenters. The topological polar surface area (TPSA) is 75.2 Å². The van der Waals surface area contributed by atoms with Gasteiger partial charge in [-0.2, -0.15) is 0 Å². The second-order valence-electron chi connectivity index (χ2n) is 6.19. The first-order chi connectivity index (χ1) is 13.7. The summed E-state index contributed by atoms with van der Waals surface area (Å²) in [6, 6.07) is 17.2. The van der Waals surface area contributed by atoms with Gasteiger partial charge in [-0.15, -0.1) is 10.2 Å². The number of carbonyl (C=O) groups is 2. The van der Waals surface area contributed by atoms with Gasteiger partial charge in [-0.1, -0.05) is 65.6 Å². The third kappa shape index (κ3) is 4.07. The highest BCUT2D eigenvalue weighted by atomic mass is 32.2. The van der Waals surface area contributed by atoms with Crippen molar-refractivity contribution < 1.29 is 9.59 Å². The van der Waals surface area contributed by atoms with Crippen molar-refractivity contribution in [3.8, 4) is 0 Å². The monoisotopic (exact) mass is 410 g/mol. The number of rotatable bonds is 8. The SMILES string of the molecule is O=C1c2ccccc2C(=O)N1CCSc1nnc(NCCc2ccccc2)s1. The van der Waals surface area contributed by atoms with Crippen LogP contribution in [0.4, 0.5) is 5.13 Å². The standard InChI is InChI=1S/C20H18N4O2S2/c25-17-15-8-4-5-9-16(15)18(26)24(17)12-13-27-20-23-22-19(28-20)21-11-10-14-6-2-1-3-7-14/h1-9H,10-13H2,(H,21,22). The Hall–Kier alpha value is -2.71. The normalized spacial score (nSPS) is 13.1. The lowest BCUT2D eigenvalue weighted by atomic mass is 10.1. The van der Waals surface area contributed by atoms with Gasteiger partial charge in [0, 0.05) is 18.8 Å². The first-order valence-corrected chi connectivity index (χ1v) is 10.7. The Kier molecular flexibility index (Phi) is 5.68. The van der Waals surface area contributed by atoms with E-state index < -0.39 is 0 Å². The van der Waals surface area contributed by atoms with Crippen LogP contribution in [0.25, 0.3) is 0 Å². The lowest BCUT2D eigenvalue weighted by molar-refractivity contribution is 0.0664. The number of thioether (sulfide) groups is 1. The number of imide groups is 1. The maximum Gasteiger partial charge on any atom is 0.261 e. The quantitative estimate of drug-likeness (QED) is 0.452. The summed E-state index contributed by atoms with van der Waals surface area (Å²) in [4.78, 5) is 26.0. The average Bonchev–Trinajstić information content (AvgIpc) is 3.27. The van der Waals surface area contributed by atoms with Crippen LogP contribution in [0.1, 0.15) is 26.3 Å². The van der Waals surface area contributed by atoms with E-state index >= 15 is 0 Å². The van der Waals surface area contributed by atoms with Crippen LogP contribution in [0.5, 0.6) is 0 Å². The number of benzene rings is 2. The molecule has 0 radical (unpaired) electrons. The molecular weight excluding hydrogens is 392 g/mol. The van der Waals surface area contributed by atoms with Crippen LogP contribution in [0.15, 0.2) is 58.9 Å². The van der Waals surface area contributed by atoms with E-state index in [1.165, 1.54) is 33.6 Å². The van der Waals surface area contributed by atoms with Gasteiger partial charge in [0.05, 0.1) is 11.1 Å². The summed E-state index contributed by atoms with van der Waals surface area (Å²) in [6.45, 7) is 1.14. The van der Waals surface area contributed by atoms with Crippen molar-refractivity contribution in [3.63, 3.8) is 0 Å². The Bertz CT molecular complexity index is 956. The molecule has 1 aliphatic heterocycles. The number of nitrogens with one attached hydrogen (secondary N) is 1. The molecular formula is C20H18N4O2S2. The zero-order valence-electron chi connectivity index (χ0n) is 15.0. The highest BCUT2D eigenvalue weighted by Gasteiger charge is 2.34. The van der Waals surface area contributed by atoms with Crippen molar-refractivity contribution in [1.29, 1.82) is 0 Å². The maximum atomic E-state index is 12.3. The number of nitrogens with zero attached hydrogens (tertiary/aromatic N) is 3. The number of fused-ring (bicyclic) bond motifs is 1. The van der Waals surface area contributed by atoms with Gasteiger partial charge in [0.25, 0.3) is 11.8 Å². The molecule has 6 nitrogen and oxygen atoms in total. The first kappa shape index (κ1) is 18.6. The van der Waals surface area contributed by atoms with E-state index in [1.807, 2.05) is 18.2 Å². The predicted octanol–water partition coefficient (Wildman–Crippen LogP) is 3.58. The van der Waals surface area contributed by atoms with Gasteiger partial charge in [0.2, 0.25) is 5.13 Å². The van der Waals surface area contributed by atoms with Crippen LogP contribution >= 0.6 is 23.1 Å². The number of carbonyl (C=O) groups excluding carboxylic acids is 2. The molecule has 8 heteroatoms. The molecule has 1 N–H and O–H groups in total. The van der Waals surface area contributed by atoms with Gasteiger partial charge in [-0.25, -0.2) is 0 Å². The van der Waals surface area contributed by atoms with Crippen LogP contribution in [0.2, 0.25) is 0 Å². The number of anilines is 1. The molecule has 0 saturated heterocycles. The van der Waals surface area contributed by atoms with Crippen LogP contribution in [-0.2, 0) is 6.42 Å². The van der Waals surface area contributed by atoms with Crippen molar-refractivity contribution in [3.05, 3.63) is 71.3 Å². The molecule has 4 rings (SSSR count). The third-order valence-electron chi connectivity index (χ3n) is 4.36. The summed E-state index contributed by atoms with van der Waals surface area (Å²) in [5, 5.41) is 12.4. The zero-order chi connectivity index (χ0) is 19.3. The summed E-state index contributed by atoms with van der Waals surface area (Å²) >= 11 is 2.98. The van der Waals surface area contributed by atoms with Gasteiger partial charge in [0.15, 0.2) is 4.34 Å². The molecule has 0 bridgehead atoms. The predicted molar refractivity (Wildman–Crippen MR) is 111 cm³/mol. The fraction of sp³-hybridized carbons (Fsp3) is 0.200. The van der Waals surface area contributed by atoms with Gasteiger partial charge in [-0.05, 0) is 24.1 Å². The van der Waals surface area contributed by atoms with Gasteiger partial charge in [-0.3, -0.25) is 14.5 Å². The summed E-state index contributed by atoms with van der Waals surface area (Å²) in [6.07, 6.45) is 0.919. The Morgan fingerprint density at radius 2 is 1.61 bits per heavy atom. The fourth-order valence-electron chi connectivity index (χ4n) is 2.96. The van der Waals surface area contributed by atoms with Crippen LogP contribution in [0, 0.1) is 0 Å². The van der Waals surface area contributed by atoms with Crippen LogP contribution < -0.4 is 5.32 Å². The minimum atomic E-state index is -0.221. The summed E-state index contributed by atoms with van der Waals surface area (Å²) in [7, 11) is 0. The summed E-state index contributed by atoms with van der Waals surface area (Å²) in [5.74, 6) is 0.146. The second kappa shape index (κ2) is 8.53. The van der Waals surface area contributed by atoms with Crippen LogP contribution in [-0.4, -0.2) is 45.8 Å². The largest absolute Gasteiger partial charge is 0.360 e. The lowest BCUT2D eigenvalue weighted by Crippen LogP contribution is -2.31. The molecule has 0 spiro atoms. The summed E-state index contributed by atoms with van der Waals surface area (Å²) < 4.78 is 0.818. The molecule has 2 aromatic carbocycles. The van der Waals surface area contributed by atoms with Gasteiger partial charge >= 0.3 is 0 Å². The second-order valence-corrected chi connectivity index (χ2v) is 8.51. The van der Waals surface area contributed by atoms with E-state index in [4.69, 9.17) is 0 Å². The number of hydrogen-bond acceptors (Lipinski definition) is 7. The minimum absolute atomic E-state index is 0.221. The number of amides is 2. The van der Waals surface area contributed by atoms with Crippen molar-refractivity contribution in [1.82, 2.24) is 15.1 Å². The molecule has 3 aromatic rings. The van der Waals surface area contributed by atoms with Crippen molar-refractivity contribution in [2.24, 2.45) is 0 Å². The average molecular weight is 411 g/mol. The fourth-order valence-corrected chi connectivity index (χ4v) is 4.74. The molecule has 0 atom stereocenters. The Morgan fingerprint density at radius 1 is 0.929 bits per heavy atom. The highest BCUT2D eigenvalue weighted by Crippen LogP contribution is 2.27. The maximum absolute atomic E-state index is 12.3. The molecule has 1 aliphatic rings. The van der Waals surface area contributed by atoms with E-state index in [9.17, 15) is 9.59 Å². The first-order valence-electron chi connectivity index (χ1n) is 8.92. The third-order valence-corrected chi connectivity index (χ3v) is 6.35. The van der Waals surface area contributed by atoms with E-state index in [-0.39, 0.29) is 11.8 Å². The smallest absolute Gasteiger partial charge is 0.261 e. The number of aromatic nitrogens is 2. The lowest BCUT2D eigenvalue weighted by Gasteiger charge is -2.12. The van der Waals surface area contributed by atoms with E-state index in [0.717, 1.165) is 22.4 Å². The molecule has 2 amide bonds. The Balaban J connectivity index is 1.24. The molecule has 2 heterocycles. The molecule has 0 saturated carbocycles. The van der Waals surface area contributed by atoms with Gasteiger partial charge < -0.3 is 5.32 Å². The van der Waals surface area contributed by atoms with E-state index in [2.05, 4.69) is 27.6 Å².